The third-order valence-corrected chi connectivity index (χ3v) is 6.95. The average molecular weight is 398 g/mol. The van der Waals surface area contributed by atoms with Crippen LogP contribution in [0.4, 0.5) is 5.69 Å². The summed E-state index contributed by atoms with van der Waals surface area (Å²) in [5.74, 6) is 1.10. The maximum absolute atomic E-state index is 12.6. The van der Waals surface area contributed by atoms with Gasteiger partial charge in [0.1, 0.15) is 0 Å². The molecule has 2 fully saturated rings. The van der Waals surface area contributed by atoms with Crippen molar-refractivity contribution in [3.8, 4) is 0 Å². The number of hydrogen-bond donors (Lipinski definition) is 2. The predicted molar refractivity (Wildman–Crippen MR) is 118 cm³/mol. The highest BCUT2D eigenvalue weighted by Crippen LogP contribution is 2.32. The smallest absolute Gasteiger partial charge is 0.227 e. The molecule has 2 atom stereocenters. The third kappa shape index (κ3) is 4.58. The lowest BCUT2D eigenvalue weighted by molar-refractivity contribution is -0.118. The molecular formula is C23H35N5O. The number of nitrogens with one attached hydrogen (secondary N) is 2. The molecule has 1 amide bonds. The van der Waals surface area contributed by atoms with E-state index in [4.69, 9.17) is 0 Å². The summed E-state index contributed by atoms with van der Waals surface area (Å²) in [7, 11) is 4.12. The second-order valence-corrected chi connectivity index (χ2v) is 8.74. The Hall–Kier alpha value is -2.08. The van der Waals surface area contributed by atoms with Crippen LogP contribution in [0.25, 0.3) is 0 Å². The van der Waals surface area contributed by atoms with E-state index < -0.39 is 0 Å². The van der Waals surface area contributed by atoms with Gasteiger partial charge in [-0.25, -0.2) is 0 Å². The highest BCUT2D eigenvalue weighted by Gasteiger charge is 2.36. The van der Waals surface area contributed by atoms with E-state index in [0.29, 0.717) is 24.5 Å². The second-order valence-electron chi connectivity index (χ2n) is 8.74. The van der Waals surface area contributed by atoms with Gasteiger partial charge in [0.2, 0.25) is 5.91 Å². The summed E-state index contributed by atoms with van der Waals surface area (Å²) in [6, 6.07) is 10.2. The molecule has 0 saturated carbocycles. The molecule has 0 spiro atoms. The van der Waals surface area contributed by atoms with E-state index in [2.05, 4.69) is 39.7 Å². The summed E-state index contributed by atoms with van der Waals surface area (Å²) in [5.41, 5.74) is 2.38. The summed E-state index contributed by atoms with van der Waals surface area (Å²) < 4.78 is 0. The van der Waals surface area contributed by atoms with Gasteiger partial charge in [0.05, 0.1) is 0 Å². The van der Waals surface area contributed by atoms with E-state index in [-0.39, 0.29) is 5.91 Å². The molecule has 3 heterocycles. The highest BCUT2D eigenvalue weighted by molar-refractivity contribution is 5.95. The Morgan fingerprint density at radius 2 is 1.97 bits per heavy atom. The van der Waals surface area contributed by atoms with Crippen molar-refractivity contribution in [1.82, 2.24) is 15.5 Å². The summed E-state index contributed by atoms with van der Waals surface area (Å²) in [6.07, 6.45) is 8.75. The van der Waals surface area contributed by atoms with Crippen LogP contribution in [-0.4, -0.2) is 62.1 Å². The van der Waals surface area contributed by atoms with E-state index in [0.717, 1.165) is 37.6 Å². The van der Waals surface area contributed by atoms with Crippen LogP contribution < -0.4 is 15.5 Å². The molecule has 2 unspecified atom stereocenters. The lowest BCUT2D eigenvalue weighted by atomic mass is 9.82. The Balaban J connectivity index is 1.20. The molecule has 4 rings (SSSR count). The van der Waals surface area contributed by atoms with E-state index in [1.807, 2.05) is 24.1 Å². The minimum atomic E-state index is 0.225. The molecule has 2 bridgehead atoms. The van der Waals surface area contributed by atoms with Crippen molar-refractivity contribution < 1.29 is 4.79 Å². The first-order chi connectivity index (χ1) is 14.2. The van der Waals surface area contributed by atoms with Crippen molar-refractivity contribution in [2.75, 3.05) is 32.1 Å². The molecule has 29 heavy (non-hydrogen) atoms. The first kappa shape index (κ1) is 20.2. The minimum Gasteiger partial charge on any atom is -0.356 e. The fourth-order valence-electron chi connectivity index (χ4n) is 5.30. The molecule has 2 N–H and O–H groups in total. The SMILES string of the molecule is CN=C(NCCCC(=O)N1CCc2ccccc21)NC1CC2CCCC(C1)N2C. The second kappa shape index (κ2) is 9.16. The molecule has 1 aromatic rings. The van der Waals surface area contributed by atoms with Crippen LogP contribution in [0.2, 0.25) is 0 Å². The van der Waals surface area contributed by atoms with Gasteiger partial charge in [-0.05, 0) is 57.2 Å². The van der Waals surface area contributed by atoms with Gasteiger partial charge >= 0.3 is 0 Å². The van der Waals surface area contributed by atoms with E-state index in [1.165, 1.54) is 37.7 Å². The van der Waals surface area contributed by atoms with Crippen molar-refractivity contribution in [2.45, 2.75) is 69.5 Å². The van der Waals surface area contributed by atoms with Gasteiger partial charge in [-0.1, -0.05) is 24.6 Å². The first-order valence-electron chi connectivity index (χ1n) is 11.2. The van der Waals surface area contributed by atoms with Crippen molar-refractivity contribution in [3.05, 3.63) is 29.8 Å². The van der Waals surface area contributed by atoms with Crippen molar-refractivity contribution in [3.63, 3.8) is 0 Å². The van der Waals surface area contributed by atoms with Crippen molar-refractivity contribution >= 4 is 17.6 Å². The van der Waals surface area contributed by atoms with Gasteiger partial charge in [0.15, 0.2) is 5.96 Å². The number of amides is 1. The van der Waals surface area contributed by atoms with E-state index in [9.17, 15) is 4.79 Å². The van der Waals surface area contributed by atoms with Gasteiger partial charge in [-0.3, -0.25) is 9.79 Å². The number of nitrogens with zero attached hydrogens (tertiary/aromatic N) is 3. The molecular weight excluding hydrogens is 362 g/mol. The van der Waals surface area contributed by atoms with Crippen LogP contribution in [0.5, 0.6) is 0 Å². The summed E-state index contributed by atoms with van der Waals surface area (Å²) >= 11 is 0. The molecule has 3 aliphatic rings. The van der Waals surface area contributed by atoms with Gasteiger partial charge in [0.25, 0.3) is 0 Å². The van der Waals surface area contributed by atoms with Crippen LogP contribution in [0.3, 0.4) is 0 Å². The molecule has 3 aliphatic heterocycles. The van der Waals surface area contributed by atoms with Crippen molar-refractivity contribution in [2.24, 2.45) is 4.99 Å². The third-order valence-electron chi connectivity index (χ3n) is 6.95. The molecule has 0 aromatic heterocycles. The monoisotopic (exact) mass is 397 g/mol. The Kier molecular flexibility index (Phi) is 6.38. The normalized spacial score (nSPS) is 26.9. The highest BCUT2D eigenvalue weighted by atomic mass is 16.2. The molecule has 6 heteroatoms. The van der Waals surface area contributed by atoms with Crippen LogP contribution >= 0.6 is 0 Å². The molecule has 2 saturated heterocycles. The fraction of sp³-hybridized carbons (Fsp3) is 0.652. The van der Waals surface area contributed by atoms with Gasteiger partial charge in [0, 0.05) is 50.4 Å². The van der Waals surface area contributed by atoms with Crippen LogP contribution in [0.1, 0.15) is 50.5 Å². The van der Waals surface area contributed by atoms with E-state index in [1.54, 1.807) is 0 Å². The zero-order chi connectivity index (χ0) is 20.2. The fourth-order valence-corrected chi connectivity index (χ4v) is 5.30. The Bertz CT molecular complexity index is 735. The quantitative estimate of drug-likeness (QED) is 0.455. The number of benzene rings is 1. The van der Waals surface area contributed by atoms with Gasteiger partial charge in [-0.15, -0.1) is 0 Å². The molecule has 6 nitrogen and oxygen atoms in total. The number of para-hydroxylation sites is 1. The Morgan fingerprint density at radius 3 is 2.72 bits per heavy atom. The standard InChI is InChI=1S/C23H35N5O/c1-24-23(26-18-15-19-8-5-9-20(16-18)27(19)2)25-13-6-11-22(29)28-14-12-17-7-3-4-10-21(17)28/h3-4,7,10,18-20H,5-6,8-9,11-16H2,1-2H3,(H2,24,25,26). The lowest BCUT2D eigenvalue weighted by Gasteiger charge is -2.47. The molecule has 0 aliphatic carbocycles. The summed E-state index contributed by atoms with van der Waals surface area (Å²) in [5, 5.41) is 7.04. The average Bonchev–Trinajstić information content (AvgIpc) is 3.15. The number of piperidine rings is 2. The molecule has 1 aromatic carbocycles. The lowest BCUT2D eigenvalue weighted by Crippen LogP contribution is -2.56. The number of carbonyl (C=O) groups excluding carboxylic acids is 1. The predicted octanol–water partition coefficient (Wildman–Crippen LogP) is 2.54. The number of carbonyl (C=O) groups is 1. The topological polar surface area (TPSA) is 60.0 Å². The maximum Gasteiger partial charge on any atom is 0.227 e. The largest absolute Gasteiger partial charge is 0.356 e. The summed E-state index contributed by atoms with van der Waals surface area (Å²) in [4.78, 5) is 21.6. The number of guanidine groups is 1. The number of rotatable bonds is 5. The van der Waals surface area contributed by atoms with Crippen molar-refractivity contribution in [1.29, 1.82) is 0 Å². The van der Waals surface area contributed by atoms with E-state index >= 15 is 0 Å². The zero-order valence-corrected chi connectivity index (χ0v) is 17.9. The van der Waals surface area contributed by atoms with Crippen LogP contribution in [0.15, 0.2) is 29.3 Å². The Morgan fingerprint density at radius 1 is 1.21 bits per heavy atom. The number of hydrogen-bond acceptors (Lipinski definition) is 3. The Labute approximate surface area is 174 Å². The van der Waals surface area contributed by atoms with Crippen LogP contribution in [0, 0.1) is 0 Å². The number of fused-ring (bicyclic) bond motifs is 3. The van der Waals surface area contributed by atoms with Gasteiger partial charge < -0.3 is 20.4 Å². The zero-order valence-electron chi connectivity index (χ0n) is 17.9. The first-order valence-corrected chi connectivity index (χ1v) is 11.2. The summed E-state index contributed by atoms with van der Waals surface area (Å²) in [6.45, 7) is 1.58. The number of aliphatic imine (C=N–C) groups is 1. The van der Waals surface area contributed by atoms with Crippen LogP contribution in [-0.2, 0) is 11.2 Å². The number of anilines is 1. The minimum absolute atomic E-state index is 0.225. The molecule has 0 radical (unpaired) electrons. The molecule has 158 valence electrons. The van der Waals surface area contributed by atoms with Gasteiger partial charge in [-0.2, -0.15) is 0 Å². The maximum atomic E-state index is 12.6.